The molecule has 40 heavy (non-hydrogen) atoms. The molecule has 2 saturated heterocycles. The molecule has 11 nitrogen and oxygen atoms in total. The lowest BCUT2D eigenvalue weighted by Gasteiger charge is -2.33. The van der Waals surface area contributed by atoms with Gasteiger partial charge in [-0.25, -0.2) is 14.5 Å². The van der Waals surface area contributed by atoms with Crippen molar-refractivity contribution in [3.63, 3.8) is 0 Å². The molecule has 0 aliphatic carbocycles. The number of fused-ring (bicyclic) bond motifs is 4. The molecule has 0 saturated carbocycles. The number of aromatic nitrogens is 2. The van der Waals surface area contributed by atoms with Crippen molar-refractivity contribution < 1.29 is 28.4 Å². The highest BCUT2D eigenvalue weighted by Crippen LogP contribution is 2.46. The summed E-state index contributed by atoms with van der Waals surface area (Å²) in [6.45, 7) is 5.44. The van der Waals surface area contributed by atoms with Gasteiger partial charge in [0.2, 0.25) is 17.6 Å². The minimum atomic E-state index is -0.874. The fourth-order valence-electron chi connectivity index (χ4n) is 6.01. The number of rotatable bonds is 8. The van der Waals surface area contributed by atoms with E-state index in [0.717, 1.165) is 17.1 Å². The molecule has 11 heteroatoms. The number of pyridine rings is 2. The first kappa shape index (κ1) is 26.0. The summed E-state index contributed by atoms with van der Waals surface area (Å²) < 4.78 is 19.7. The van der Waals surface area contributed by atoms with Crippen LogP contribution in [0.15, 0.2) is 67.0 Å². The maximum atomic E-state index is 12.8. The lowest BCUT2D eigenvalue weighted by molar-refractivity contribution is -0.675. The second-order valence-electron chi connectivity index (χ2n) is 10.8. The Morgan fingerprint density at radius 1 is 1.12 bits per heavy atom. The van der Waals surface area contributed by atoms with Gasteiger partial charge in [-0.3, -0.25) is 9.59 Å². The average Bonchev–Trinajstić information content (AvgIpc) is 3.46. The smallest absolute Gasteiger partial charge is 0.307 e. The molecule has 3 aliphatic rings. The molecular weight excluding hydrogens is 512 g/mol. The average molecular weight is 546 g/mol. The van der Waals surface area contributed by atoms with E-state index in [9.17, 15) is 9.59 Å². The Morgan fingerprint density at radius 2 is 1.93 bits per heavy atom. The van der Waals surface area contributed by atoms with Gasteiger partial charge in [-0.05, 0) is 37.6 Å². The summed E-state index contributed by atoms with van der Waals surface area (Å²) >= 11 is 0. The van der Waals surface area contributed by atoms with Gasteiger partial charge in [-0.15, -0.1) is 0 Å². The predicted octanol–water partition coefficient (Wildman–Crippen LogP) is 1.24. The highest BCUT2D eigenvalue weighted by molar-refractivity contribution is 5.96. The Balaban J connectivity index is 1.41. The topological polar surface area (TPSA) is 137 Å². The number of nitrogens with zero attached hydrogens (tertiary/aromatic N) is 4. The monoisotopic (exact) mass is 545 g/mol. The van der Waals surface area contributed by atoms with Gasteiger partial charge in [0.15, 0.2) is 5.79 Å². The third kappa shape index (κ3) is 4.71. The number of anilines is 3. The zero-order valence-electron chi connectivity index (χ0n) is 22.5. The van der Waals surface area contributed by atoms with Gasteiger partial charge in [0.1, 0.15) is 48.7 Å². The van der Waals surface area contributed by atoms with Crippen LogP contribution >= 0.6 is 0 Å². The Morgan fingerprint density at radius 3 is 2.62 bits per heavy atom. The van der Waals surface area contributed by atoms with Gasteiger partial charge >= 0.3 is 5.82 Å². The first-order chi connectivity index (χ1) is 19.2. The summed E-state index contributed by atoms with van der Waals surface area (Å²) in [6, 6.07) is 16.2. The zero-order chi connectivity index (χ0) is 28.0. The number of carbonyl (C=O) groups excluding carboxylic acids is 2. The fourth-order valence-corrected chi connectivity index (χ4v) is 6.01. The van der Waals surface area contributed by atoms with E-state index in [1.165, 1.54) is 0 Å². The van der Waals surface area contributed by atoms with E-state index in [0.29, 0.717) is 37.9 Å². The summed E-state index contributed by atoms with van der Waals surface area (Å²) in [5.74, 6) is -0.716. The van der Waals surface area contributed by atoms with Crippen LogP contribution in [0.3, 0.4) is 0 Å². The minimum Gasteiger partial charge on any atom is -0.491 e. The van der Waals surface area contributed by atoms with E-state index in [1.54, 1.807) is 12.3 Å². The molecule has 2 fully saturated rings. The maximum Gasteiger partial charge on any atom is 0.307 e. The van der Waals surface area contributed by atoms with Crippen molar-refractivity contribution >= 4 is 29.1 Å². The molecule has 0 radical (unpaired) electrons. The molecule has 5 heterocycles. The number of primary amides is 2. The molecule has 0 spiro atoms. The highest BCUT2D eigenvalue weighted by atomic mass is 16.7. The van der Waals surface area contributed by atoms with Crippen LogP contribution in [0.25, 0.3) is 0 Å². The molecule has 4 N–H and O–H groups in total. The number of nitrogens with two attached hydrogens (primary N) is 2. The Labute approximate surface area is 232 Å². The van der Waals surface area contributed by atoms with Gasteiger partial charge in [0.25, 0.3) is 0 Å². The van der Waals surface area contributed by atoms with Crippen molar-refractivity contribution in [1.82, 2.24) is 4.98 Å². The van der Waals surface area contributed by atoms with Crippen LogP contribution in [0.5, 0.6) is 5.75 Å². The second kappa shape index (κ2) is 10.1. The van der Waals surface area contributed by atoms with E-state index >= 15 is 0 Å². The standard InChI is InChI=1S/C29H32N6O5/c1-29(2)39-17-20(40-29)16-38-19-10-11-32-23(13-19)35-22-15-34(25(27(31)37)24(22)26(30)36)21-9-6-12-33(28(21)35)14-18-7-4-3-5-8-18/h3-13,20,22,24-25H,14-17H2,1-2H3,(H3-,30,31,36,37)/p+1/t20-,22+,24?,25?/m0/s1. The van der Waals surface area contributed by atoms with Gasteiger partial charge in [0.05, 0.1) is 19.3 Å². The summed E-state index contributed by atoms with van der Waals surface area (Å²) in [5, 5.41) is 0. The molecular formula is C29H33N6O5+. The van der Waals surface area contributed by atoms with Gasteiger partial charge in [0, 0.05) is 12.3 Å². The summed E-state index contributed by atoms with van der Waals surface area (Å²) in [6.07, 6.45) is 3.44. The van der Waals surface area contributed by atoms with E-state index in [-0.39, 0.29) is 6.10 Å². The predicted molar refractivity (Wildman–Crippen MR) is 146 cm³/mol. The van der Waals surface area contributed by atoms with Crippen LogP contribution in [0.1, 0.15) is 19.4 Å². The quantitative estimate of drug-likeness (QED) is 0.404. The van der Waals surface area contributed by atoms with Crippen molar-refractivity contribution in [1.29, 1.82) is 0 Å². The minimum absolute atomic E-state index is 0.200. The third-order valence-electron chi connectivity index (χ3n) is 7.65. The van der Waals surface area contributed by atoms with Crippen LogP contribution in [0, 0.1) is 5.92 Å². The van der Waals surface area contributed by atoms with E-state index in [1.807, 2.05) is 66.2 Å². The lowest BCUT2D eigenvalue weighted by Crippen LogP contribution is -2.51. The van der Waals surface area contributed by atoms with Crippen LogP contribution < -0.4 is 30.6 Å². The van der Waals surface area contributed by atoms with Gasteiger partial charge in [-0.2, -0.15) is 0 Å². The van der Waals surface area contributed by atoms with Crippen molar-refractivity contribution in [2.75, 3.05) is 29.6 Å². The van der Waals surface area contributed by atoms with E-state index < -0.39 is 35.6 Å². The normalized spacial score (nSPS) is 24.6. The van der Waals surface area contributed by atoms with Crippen molar-refractivity contribution in [3.8, 4) is 5.75 Å². The zero-order valence-corrected chi connectivity index (χ0v) is 22.5. The van der Waals surface area contributed by atoms with Gasteiger partial charge in [-0.1, -0.05) is 30.3 Å². The number of benzene rings is 1. The maximum absolute atomic E-state index is 12.8. The Hall–Kier alpha value is -4.22. The molecule has 1 aromatic carbocycles. The SMILES string of the molecule is CC1(C)OC[C@H](COc2ccnc(N3c4c(ccc[n+]4Cc4ccccc4)N4C[C@@H]3C(C(N)=O)C4C(N)=O)c2)O1. The molecule has 3 aromatic rings. The van der Waals surface area contributed by atoms with E-state index in [2.05, 4.69) is 21.7 Å². The number of carbonyl (C=O) groups is 2. The van der Waals surface area contributed by atoms with Crippen LogP contribution in [0.4, 0.5) is 17.3 Å². The molecule has 2 bridgehead atoms. The molecule has 2 unspecified atom stereocenters. The molecule has 208 valence electrons. The molecule has 6 rings (SSSR count). The summed E-state index contributed by atoms with van der Waals surface area (Å²) in [5.41, 5.74) is 13.6. The van der Waals surface area contributed by atoms with Crippen molar-refractivity contribution in [2.24, 2.45) is 17.4 Å². The summed E-state index contributed by atoms with van der Waals surface area (Å²) in [4.78, 5) is 34.1. The van der Waals surface area contributed by atoms with Crippen molar-refractivity contribution in [3.05, 3.63) is 72.6 Å². The van der Waals surface area contributed by atoms with Crippen LogP contribution in [-0.2, 0) is 25.6 Å². The molecule has 4 atom stereocenters. The first-order valence-electron chi connectivity index (χ1n) is 13.3. The van der Waals surface area contributed by atoms with Crippen LogP contribution in [-0.4, -0.2) is 60.5 Å². The Kier molecular flexibility index (Phi) is 6.55. The number of hydrogen-bond acceptors (Lipinski definition) is 8. The van der Waals surface area contributed by atoms with E-state index in [4.69, 9.17) is 25.7 Å². The molecule has 2 amide bonds. The van der Waals surface area contributed by atoms with Crippen LogP contribution in [0.2, 0.25) is 0 Å². The second-order valence-corrected chi connectivity index (χ2v) is 10.8. The van der Waals surface area contributed by atoms with Crippen molar-refractivity contribution in [2.45, 2.75) is 44.4 Å². The largest absolute Gasteiger partial charge is 0.491 e. The molecule has 3 aliphatic heterocycles. The Bertz CT molecular complexity index is 1430. The first-order valence-corrected chi connectivity index (χ1v) is 13.3. The number of amides is 2. The lowest BCUT2D eigenvalue weighted by atomic mass is 9.94. The highest BCUT2D eigenvalue weighted by Gasteiger charge is 2.59. The fraction of sp³-hybridized carbons (Fsp3) is 0.379. The number of ether oxygens (including phenoxy) is 3. The third-order valence-corrected chi connectivity index (χ3v) is 7.65. The number of hydrogen-bond donors (Lipinski definition) is 2. The van der Waals surface area contributed by atoms with Gasteiger partial charge < -0.3 is 30.6 Å². The molecule has 2 aromatic heterocycles. The summed E-state index contributed by atoms with van der Waals surface area (Å²) in [7, 11) is 0.